The maximum absolute atomic E-state index is 12.5. The van der Waals surface area contributed by atoms with E-state index in [1.807, 2.05) is 0 Å². The van der Waals surface area contributed by atoms with Crippen molar-refractivity contribution in [2.24, 2.45) is 0 Å². The van der Waals surface area contributed by atoms with Gasteiger partial charge in [0.05, 0.1) is 17.6 Å². The molecule has 1 unspecified atom stereocenters. The van der Waals surface area contributed by atoms with E-state index in [0.29, 0.717) is 22.8 Å². The van der Waals surface area contributed by atoms with E-state index in [1.54, 1.807) is 38.1 Å². The maximum Gasteiger partial charge on any atom is 0.321 e. The maximum atomic E-state index is 12.5. The van der Waals surface area contributed by atoms with Crippen molar-refractivity contribution in [2.75, 3.05) is 0 Å². The number of nitrogens with zero attached hydrogens (tertiary/aromatic N) is 2. The Morgan fingerprint density at radius 2 is 2.00 bits per heavy atom. The fourth-order valence-corrected chi connectivity index (χ4v) is 3.78. The van der Waals surface area contributed by atoms with Crippen LogP contribution in [0.5, 0.6) is 0 Å². The second kappa shape index (κ2) is 7.33. The Balaban J connectivity index is 2.35. The van der Waals surface area contributed by atoms with Gasteiger partial charge in [-0.25, -0.2) is 13.1 Å². The van der Waals surface area contributed by atoms with Gasteiger partial charge in [-0.2, -0.15) is 9.82 Å². The normalized spacial score (nSPS) is 13.0. The number of rotatable bonds is 7. The Kier molecular flexibility index (Phi) is 5.63. The quantitative estimate of drug-likeness (QED) is 0.778. The molecule has 1 atom stereocenters. The van der Waals surface area contributed by atoms with Gasteiger partial charge in [0.1, 0.15) is 10.9 Å². The highest BCUT2D eigenvalue weighted by Crippen LogP contribution is 2.20. The monoisotopic (exact) mass is 371 g/mol. The van der Waals surface area contributed by atoms with Gasteiger partial charge in [-0.05, 0) is 37.6 Å². The van der Waals surface area contributed by atoms with Crippen LogP contribution in [0.25, 0.3) is 5.69 Å². The summed E-state index contributed by atoms with van der Waals surface area (Å²) in [6.45, 7) is 3.39. The lowest BCUT2D eigenvalue weighted by atomic mass is 10.2. The number of benzene rings is 1. The summed E-state index contributed by atoms with van der Waals surface area (Å²) in [5.41, 5.74) is 1.03. The number of carbonyl (C=O) groups is 1. The number of halogens is 1. The summed E-state index contributed by atoms with van der Waals surface area (Å²) >= 11 is 5.84. The first-order valence-corrected chi connectivity index (χ1v) is 9.18. The average molecular weight is 372 g/mol. The molecule has 1 heterocycles. The molecule has 1 aromatic heterocycles. The third kappa shape index (κ3) is 3.95. The minimum atomic E-state index is -3.99. The van der Waals surface area contributed by atoms with E-state index in [2.05, 4.69) is 9.82 Å². The zero-order chi connectivity index (χ0) is 17.9. The van der Waals surface area contributed by atoms with Crippen LogP contribution in [0, 0.1) is 6.92 Å². The van der Waals surface area contributed by atoms with E-state index in [0.717, 1.165) is 0 Å². The highest BCUT2D eigenvalue weighted by atomic mass is 35.5. The summed E-state index contributed by atoms with van der Waals surface area (Å²) in [5.74, 6) is -1.21. The fourth-order valence-electron chi connectivity index (χ4n) is 2.27. The fraction of sp³-hybridized carbons (Fsp3) is 0.333. The lowest BCUT2D eigenvalue weighted by molar-refractivity contribution is -0.139. The lowest BCUT2D eigenvalue weighted by Crippen LogP contribution is -2.40. The Bertz CT molecular complexity index is 831. The molecular weight excluding hydrogens is 354 g/mol. The van der Waals surface area contributed by atoms with Crippen LogP contribution < -0.4 is 4.72 Å². The molecule has 0 aliphatic heterocycles. The first-order chi connectivity index (χ1) is 11.3. The summed E-state index contributed by atoms with van der Waals surface area (Å²) in [4.78, 5) is 11.1. The van der Waals surface area contributed by atoms with Gasteiger partial charge in [-0.1, -0.05) is 24.9 Å². The summed E-state index contributed by atoms with van der Waals surface area (Å²) in [7, 11) is -3.99. The molecule has 0 saturated carbocycles. The first kappa shape index (κ1) is 18.4. The van der Waals surface area contributed by atoms with Crippen molar-refractivity contribution in [3.05, 3.63) is 41.2 Å². The Hall–Kier alpha value is -1.90. The largest absolute Gasteiger partial charge is 0.480 e. The van der Waals surface area contributed by atoms with Crippen molar-refractivity contribution >= 4 is 27.6 Å². The van der Waals surface area contributed by atoms with Gasteiger partial charge < -0.3 is 5.11 Å². The van der Waals surface area contributed by atoms with Crippen molar-refractivity contribution in [2.45, 2.75) is 37.6 Å². The van der Waals surface area contributed by atoms with Crippen LogP contribution in [0.4, 0.5) is 0 Å². The topological polar surface area (TPSA) is 101 Å². The van der Waals surface area contributed by atoms with Gasteiger partial charge in [0, 0.05) is 5.02 Å². The van der Waals surface area contributed by atoms with Crippen LogP contribution in [0.15, 0.2) is 35.4 Å². The SMILES string of the molecule is CCCC(NS(=O)(=O)c1cnn(-c2ccc(Cl)cc2)c1C)C(=O)O. The van der Waals surface area contributed by atoms with Gasteiger partial charge in [0.2, 0.25) is 10.0 Å². The Morgan fingerprint density at radius 1 is 1.38 bits per heavy atom. The molecule has 2 N–H and O–H groups in total. The van der Waals surface area contributed by atoms with Crippen LogP contribution in [-0.2, 0) is 14.8 Å². The molecule has 2 aromatic rings. The van der Waals surface area contributed by atoms with E-state index < -0.39 is 22.0 Å². The number of carboxylic acid groups (broad SMARTS) is 1. The molecule has 0 fully saturated rings. The molecule has 0 aliphatic rings. The van der Waals surface area contributed by atoms with Crippen LogP contribution in [0.2, 0.25) is 5.02 Å². The lowest BCUT2D eigenvalue weighted by Gasteiger charge is -2.13. The predicted octanol–water partition coefficient (Wildman–Crippen LogP) is 2.37. The molecule has 2 rings (SSSR count). The number of aromatic nitrogens is 2. The molecule has 0 radical (unpaired) electrons. The van der Waals surface area contributed by atoms with Gasteiger partial charge in [-0.3, -0.25) is 4.79 Å². The number of hydrogen-bond acceptors (Lipinski definition) is 4. The minimum Gasteiger partial charge on any atom is -0.480 e. The molecule has 9 heteroatoms. The second-order valence-corrected chi connectivity index (χ2v) is 7.40. The van der Waals surface area contributed by atoms with Crippen LogP contribution in [0.3, 0.4) is 0 Å². The van der Waals surface area contributed by atoms with E-state index in [1.165, 1.54) is 10.9 Å². The molecule has 24 heavy (non-hydrogen) atoms. The van der Waals surface area contributed by atoms with E-state index in [9.17, 15) is 13.2 Å². The van der Waals surface area contributed by atoms with E-state index in [4.69, 9.17) is 16.7 Å². The number of sulfonamides is 1. The summed E-state index contributed by atoms with van der Waals surface area (Å²) in [5, 5.41) is 13.8. The van der Waals surface area contributed by atoms with E-state index in [-0.39, 0.29) is 11.3 Å². The number of carboxylic acids is 1. The zero-order valence-electron chi connectivity index (χ0n) is 13.2. The van der Waals surface area contributed by atoms with Crippen molar-refractivity contribution < 1.29 is 18.3 Å². The standard InChI is InChI=1S/C15H18ClN3O4S/c1-3-4-13(15(20)21)18-24(22,23)14-9-17-19(10(14)2)12-7-5-11(16)6-8-12/h5-9,13,18H,3-4H2,1-2H3,(H,20,21). The summed E-state index contributed by atoms with van der Waals surface area (Å²) in [6.07, 6.45) is 1.96. The van der Waals surface area contributed by atoms with Crippen molar-refractivity contribution in [3.8, 4) is 5.69 Å². The van der Waals surface area contributed by atoms with Gasteiger partial charge in [0.15, 0.2) is 0 Å². The van der Waals surface area contributed by atoms with Gasteiger partial charge >= 0.3 is 5.97 Å². The van der Waals surface area contributed by atoms with Crippen LogP contribution >= 0.6 is 11.6 Å². The van der Waals surface area contributed by atoms with Gasteiger partial charge in [0.25, 0.3) is 0 Å². The molecule has 0 saturated heterocycles. The Labute approximate surface area is 145 Å². The molecule has 1 aromatic carbocycles. The van der Waals surface area contributed by atoms with Crippen molar-refractivity contribution in [1.82, 2.24) is 14.5 Å². The smallest absolute Gasteiger partial charge is 0.321 e. The van der Waals surface area contributed by atoms with Crippen molar-refractivity contribution in [3.63, 3.8) is 0 Å². The predicted molar refractivity (Wildman–Crippen MR) is 90.0 cm³/mol. The van der Waals surface area contributed by atoms with Crippen LogP contribution in [0.1, 0.15) is 25.5 Å². The second-order valence-electron chi connectivity index (χ2n) is 5.28. The third-order valence-electron chi connectivity index (χ3n) is 3.50. The molecule has 7 nitrogen and oxygen atoms in total. The number of nitrogens with one attached hydrogen (secondary N) is 1. The number of hydrogen-bond donors (Lipinski definition) is 2. The molecule has 0 aliphatic carbocycles. The van der Waals surface area contributed by atoms with Gasteiger partial charge in [-0.15, -0.1) is 0 Å². The van der Waals surface area contributed by atoms with E-state index >= 15 is 0 Å². The van der Waals surface area contributed by atoms with Crippen LogP contribution in [-0.4, -0.2) is 35.3 Å². The molecule has 0 spiro atoms. The molecule has 0 amide bonds. The molecular formula is C15H18ClN3O4S. The highest BCUT2D eigenvalue weighted by molar-refractivity contribution is 7.89. The zero-order valence-corrected chi connectivity index (χ0v) is 14.8. The summed E-state index contributed by atoms with van der Waals surface area (Å²) < 4.78 is 28.7. The first-order valence-electron chi connectivity index (χ1n) is 7.32. The molecule has 0 bridgehead atoms. The summed E-state index contributed by atoms with van der Waals surface area (Å²) in [6, 6.07) is 5.60. The average Bonchev–Trinajstić information content (AvgIpc) is 2.90. The van der Waals surface area contributed by atoms with Crippen molar-refractivity contribution in [1.29, 1.82) is 0 Å². The molecule has 130 valence electrons. The minimum absolute atomic E-state index is 0.0557. The third-order valence-corrected chi connectivity index (χ3v) is 5.32. The number of aliphatic carboxylic acids is 1. The highest BCUT2D eigenvalue weighted by Gasteiger charge is 2.27. The Morgan fingerprint density at radius 3 is 2.54 bits per heavy atom.